The zero-order valence-electron chi connectivity index (χ0n) is 16.5. The lowest BCUT2D eigenvalue weighted by Crippen LogP contribution is -2.42. The summed E-state index contributed by atoms with van der Waals surface area (Å²) in [7, 11) is 2.08. The number of carbonyl (C=O) groups is 1. The van der Waals surface area contributed by atoms with Crippen molar-refractivity contribution in [2.75, 3.05) is 33.2 Å². The summed E-state index contributed by atoms with van der Waals surface area (Å²) in [5.41, 5.74) is 6.77. The Kier molecular flexibility index (Phi) is 7.53. The third kappa shape index (κ3) is 6.12. The SMILES string of the molecule is CN(CCNC(=O)C1CCN(Cc2noc(CN)n2)CC1)Cc1ccccc1. The molecule has 0 radical (unpaired) electrons. The molecule has 1 aliphatic heterocycles. The first-order chi connectivity index (χ1) is 13.6. The number of aromatic nitrogens is 2. The predicted molar refractivity (Wildman–Crippen MR) is 106 cm³/mol. The van der Waals surface area contributed by atoms with Gasteiger partial charge < -0.3 is 20.5 Å². The second-order valence-corrected chi connectivity index (χ2v) is 7.37. The molecule has 3 rings (SSSR count). The molecule has 0 bridgehead atoms. The van der Waals surface area contributed by atoms with Crippen molar-refractivity contribution in [3.8, 4) is 0 Å². The van der Waals surface area contributed by atoms with Crippen LogP contribution in [0.4, 0.5) is 0 Å². The van der Waals surface area contributed by atoms with Crippen LogP contribution in [0, 0.1) is 5.92 Å². The highest BCUT2D eigenvalue weighted by molar-refractivity contribution is 5.78. The minimum atomic E-state index is 0.0838. The van der Waals surface area contributed by atoms with Gasteiger partial charge >= 0.3 is 0 Å². The van der Waals surface area contributed by atoms with Crippen molar-refractivity contribution in [1.29, 1.82) is 0 Å². The van der Waals surface area contributed by atoms with Crippen molar-refractivity contribution in [3.63, 3.8) is 0 Å². The first-order valence-corrected chi connectivity index (χ1v) is 9.88. The van der Waals surface area contributed by atoms with E-state index in [4.69, 9.17) is 10.3 Å². The van der Waals surface area contributed by atoms with Crippen molar-refractivity contribution in [2.45, 2.75) is 32.5 Å². The fourth-order valence-corrected chi connectivity index (χ4v) is 3.48. The van der Waals surface area contributed by atoms with E-state index in [0.29, 0.717) is 24.8 Å². The van der Waals surface area contributed by atoms with Crippen LogP contribution >= 0.6 is 0 Å². The molecule has 8 heteroatoms. The first-order valence-electron chi connectivity index (χ1n) is 9.88. The highest BCUT2D eigenvalue weighted by atomic mass is 16.5. The predicted octanol–water partition coefficient (Wildman–Crippen LogP) is 0.989. The number of nitrogens with one attached hydrogen (secondary N) is 1. The third-order valence-corrected chi connectivity index (χ3v) is 5.10. The van der Waals surface area contributed by atoms with Gasteiger partial charge in [0, 0.05) is 25.6 Å². The lowest BCUT2D eigenvalue weighted by Gasteiger charge is -2.30. The quantitative estimate of drug-likeness (QED) is 0.663. The van der Waals surface area contributed by atoms with E-state index in [9.17, 15) is 4.79 Å². The number of carbonyl (C=O) groups excluding carboxylic acids is 1. The van der Waals surface area contributed by atoms with Gasteiger partial charge in [-0.2, -0.15) is 4.98 Å². The molecule has 0 atom stereocenters. The van der Waals surface area contributed by atoms with Gasteiger partial charge in [-0.05, 0) is 38.5 Å². The Morgan fingerprint density at radius 3 is 2.75 bits per heavy atom. The number of benzene rings is 1. The van der Waals surface area contributed by atoms with Crippen LogP contribution in [0.15, 0.2) is 34.9 Å². The monoisotopic (exact) mass is 386 g/mol. The topological polar surface area (TPSA) is 101 Å². The number of piperidine rings is 1. The molecule has 0 unspecified atom stereocenters. The lowest BCUT2D eigenvalue weighted by atomic mass is 9.96. The fraction of sp³-hybridized carbons (Fsp3) is 0.550. The maximum Gasteiger partial charge on any atom is 0.240 e. The smallest absolute Gasteiger partial charge is 0.240 e. The number of likely N-dealkylation sites (tertiary alicyclic amines) is 1. The number of amides is 1. The number of hydrogen-bond donors (Lipinski definition) is 2. The molecule has 8 nitrogen and oxygen atoms in total. The lowest BCUT2D eigenvalue weighted by molar-refractivity contribution is -0.126. The summed E-state index contributed by atoms with van der Waals surface area (Å²) in [5.74, 6) is 1.37. The molecule has 28 heavy (non-hydrogen) atoms. The average Bonchev–Trinajstić information content (AvgIpc) is 3.17. The van der Waals surface area contributed by atoms with E-state index < -0.39 is 0 Å². The van der Waals surface area contributed by atoms with Crippen LogP contribution in [0.5, 0.6) is 0 Å². The third-order valence-electron chi connectivity index (χ3n) is 5.10. The van der Waals surface area contributed by atoms with Gasteiger partial charge in [-0.3, -0.25) is 9.69 Å². The van der Waals surface area contributed by atoms with Crippen LogP contribution in [0.1, 0.15) is 30.1 Å². The average molecular weight is 387 g/mol. The van der Waals surface area contributed by atoms with E-state index in [2.05, 4.69) is 44.4 Å². The maximum absolute atomic E-state index is 12.4. The van der Waals surface area contributed by atoms with E-state index in [1.807, 2.05) is 18.2 Å². The molecule has 3 N–H and O–H groups in total. The summed E-state index contributed by atoms with van der Waals surface area (Å²) in [4.78, 5) is 21.2. The van der Waals surface area contributed by atoms with Crippen LogP contribution in [0.2, 0.25) is 0 Å². The highest BCUT2D eigenvalue weighted by Gasteiger charge is 2.25. The van der Waals surface area contributed by atoms with Gasteiger partial charge in [0.15, 0.2) is 5.82 Å². The Bertz CT molecular complexity index is 727. The van der Waals surface area contributed by atoms with Crippen LogP contribution in [0.3, 0.4) is 0 Å². The van der Waals surface area contributed by atoms with E-state index >= 15 is 0 Å². The van der Waals surface area contributed by atoms with Gasteiger partial charge in [0.2, 0.25) is 11.8 Å². The summed E-state index contributed by atoms with van der Waals surface area (Å²) < 4.78 is 5.03. The molecule has 0 saturated carbocycles. The summed E-state index contributed by atoms with van der Waals surface area (Å²) in [6, 6.07) is 10.4. The van der Waals surface area contributed by atoms with Crippen LogP contribution < -0.4 is 11.1 Å². The van der Waals surface area contributed by atoms with Crippen molar-refractivity contribution in [3.05, 3.63) is 47.6 Å². The number of likely N-dealkylation sites (N-methyl/N-ethyl adjacent to an activating group) is 1. The molecule has 152 valence electrons. The van der Waals surface area contributed by atoms with Crippen LogP contribution in [-0.4, -0.2) is 59.1 Å². The molecule has 1 fully saturated rings. The minimum absolute atomic E-state index is 0.0838. The van der Waals surface area contributed by atoms with Crippen molar-refractivity contribution in [1.82, 2.24) is 25.3 Å². The van der Waals surface area contributed by atoms with Gasteiger partial charge in [-0.1, -0.05) is 35.5 Å². The Morgan fingerprint density at radius 1 is 1.32 bits per heavy atom. The molecule has 0 aliphatic carbocycles. The Hall–Kier alpha value is -2.29. The van der Waals surface area contributed by atoms with E-state index in [0.717, 1.165) is 39.0 Å². The standard InChI is InChI=1S/C20H30N6O2/c1-25(14-16-5-3-2-4-6-16)12-9-22-20(27)17-7-10-26(11-8-17)15-18-23-19(13-21)28-24-18/h2-6,17H,7-15,21H2,1H3,(H,22,27). The zero-order valence-corrected chi connectivity index (χ0v) is 16.5. The van der Waals surface area contributed by atoms with Gasteiger partial charge in [0.1, 0.15) is 0 Å². The van der Waals surface area contributed by atoms with Crippen LogP contribution in [0.25, 0.3) is 0 Å². The molecule has 1 aliphatic rings. The van der Waals surface area contributed by atoms with Crippen LogP contribution in [-0.2, 0) is 24.4 Å². The second-order valence-electron chi connectivity index (χ2n) is 7.37. The Morgan fingerprint density at radius 2 is 2.07 bits per heavy atom. The summed E-state index contributed by atoms with van der Waals surface area (Å²) in [6.45, 7) is 5.01. The summed E-state index contributed by atoms with van der Waals surface area (Å²) in [5, 5.41) is 7.02. The van der Waals surface area contributed by atoms with Gasteiger partial charge in [-0.25, -0.2) is 0 Å². The highest BCUT2D eigenvalue weighted by Crippen LogP contribution is 2.18. The Labute approximate surface area is 166 Å². The molecule has 2 aromatic rings. The second kappa shape index (κ2) is 10.3. The molecular formula is C20H30N6O2. The number of nitrogens with zero attached hydrogens (tertiary/aromatic N) is 4. The van der Waals surface area contributed by atoms with Gasteiger partial charge in [0.25, 0.3) is 0 Å². The number of hydrogen-bond acceptors (Lipinski definition) is 7. The molecule has 2 heterocycles. The normalized spacial score (nSPS) is 15.8. The molecule has 1 saturated heterocycles. The first kappa shape index (κ1) is 20.4. The minimum Gasteiger partial charge on any atom is -0.355 e. The molecule has 1 aromatic heterocycles. The molecule has 0 spiro atoms. The van der Waals surface area contributed by atoms with Gasteiger partial charge in [-0.15, -0.1) is 0 Å². The van der Waals surface area contributed by atoms with Crippen molar-refractivity contribution in [2.24, 2.45) is 11.7 Å². The molecule has 1 aromatic carbocycles. The number of rotatable bonds is 9. The maximum atomic E-state index is 12.4. The van der Waals surface area contributed by atoms with Gasteiger partial charge in [0.05, 0.1) is 13.1 Å². The number of nitrogens with two attached hydrogens (primary N) is 1. The Balaban J connectivity index is 1.32. The summed E-state index contributed by atoms with van der Waals surface area (Å²) >= 11 is 0. The fourth-order valence-electron chi connectivity index (χ4n) is 3.48. The van der Waals surface area contributed by atoms with Crippen molar-refractivity contribution < 1.29 is 9.32 Å². The van der Waals surface area contributed by atoms with Crippen molar-refractivity contribution >= 4 is 5.91 Å². The van der Waals surface area contributed by atoms with E-state index in [1.165, 1.54) is 5.56 Å². The largest absolute Gasteiger partial charge is 0.355 e. The molecular weight excluding hydrogens is 356 g/mol. The van der Waals surface area contributed by atoms with E-state index in [1.54, 1.807) is 0 Å². The van der Waals surface area contributed by atoms with E-state index in [-0.39, 0.29) is 18.4 Å². The zero-order chi connectivity index (χ0) is 19.8. The molecule has 1 amide bonds. The summed E-state index contributed by atoms with van der Waals surface area (Å²) in [6.07, 6.45) is 1.71.